The van der Waals surface area contributed by atoms with Gasteiger partial charge in [0.25, 0.3) is 0 Å². The van der Waals surface area contributed by atoms with Crippen molar-refractivity contribution in [2.75, 3.05) is 26.2 Å². The molecule has 3 heteroatoms. The molecule has 0 fully saturated rings. The summed E-state index contributed by atoms with van der Waals surface area (Å²) in [6, 6.07) is 0. The Morgan fingerprint density at radius 1 is 1.05 bits per heavy atom. The van der Waals surface area contributed by atoms with Crippen LogP contribution in [-0.4, -0.2) is 36.9 Å². The first-order valence-corrected chi connectivity index (χ1v) is 9.04. The second-order valence-electron chi connectivity index (χ2n) is 6.04. The van der Waals surface area contributed by atoms with E-state index in [1.807, 2.05) is 0 Å². The molecule has 122 valence electrons. The van der Waals surface area contributed by atoms with Crippen LogP contribution in [-0.2, 0) is 0 Å². The second-order valence-corrected chi connectivity index (χ2v) is 6.04. The zero-order valence-corrected chi connectivity index (χ0v) is 14.0. The number of amidine groups is 1. The highest BCUT2D eigenvalue weighted by Gasteiger charge is 2.12. The van der Waals surface area contributed by atoms with Crippen LogP contribution in [0.4, 0.5) is 0 Å². The van der Waals surface area contributed by atoms with Gasteiger partial charge in [-0.05, 0) is 18.9 Å². The van der Waals surface area contributed by atoms with Crippen LogP contribution in [0.25, 0.3) is 0 Å². The predicted octanol–water partition coefficient (Wildman–Crippen LogP) is 4.14. The summed E-state index contributed by atoms with van der Waals surface area (Å²) >= 11 is 0. The highest BCUT2D eigenvalue weighted by atomic mass is 15.2. The number of nitrogens with zero attached hydrogens (tertiary/aromatic N) is 2. The SMILES string of the molecule is CCCCCCCCCCCC=CC1=NCCN1CCN. The largest absolute Gasteiger partial charge is 0.354 e. The number of allylic oxidation sites excluding steroid dienone is 1. The molecule has 0 unspecified atom stereocenters. The molecule has 0 aromatic heterocycles. The molecule has 3 nitrogen and oxygen atoms in total. The quantitative estimate of drug-likeness (QED) is 0.519. The van der Waals surface area contributed by atoms with Gasteiger partial charge in [0.05, 0.1) is 6.54 Å². The molecule has 1 aliphatic heterocycles. The first kappa shape index (κ1) is 18.2. The van der Waals surface area contributed by atoms with Gasteiger partial charge in [-0.2, -0.15) is 0 Å². The lowest BCUT2D eigenvalue weighted by molar-refractivity contribution is 0.469. The maximum Gasteiger partial charge on any atom is 0.123 e. The van der Waals surface area contributed by atoms with Crippen LogP contribution in [0.2, 0.25) is 0 Å². The molecule has 0 aromatic rings. The number of nitrogens with two attached hydrogens (primary N) is 1. The lowest BCUT2D eigenvalue weighted by atomic mass is 10.1. The van der Waals surface area contributed by atoms with E-state index in [4.69, 9.17) is 5.73 Å². The normalized spacial score (nSPS) is 15.1. The molecule has 21 heavy (non-hydrogen) atoms. The number of rotatable bonds is 13. The zero-order chi connectivity index (χ0) is 15.2. The monoisotopic (exact) mass is 293 g/mol. The Morgan fingerprint density at radius 2 is 1.71 bits per heavy atom. The molecule has 0 saturated heterocycles. The molecule has 1 heterocycles. The summed E-state index contributed by atoms with van der Waals surface area (Å²) in [7, 11) is 0. The van der Waals surface area contributed by atoms with Crippen molar-refractivity contribution in [2.45, 2.75) is 71.1 Å². The summed E-state index contributed by atoms with van der Waals surface area (Å²) in [5.74, 6) is 1.14. The van der Waals surface area contributed by atoms with Gasteiger partial charge >= 0.3 is 0 Å². The molecule has 0 aromatic carbocycles. The van der Waals surface area contributed by atoms with Crippen molar-refractivity contribution >= 4 is 5.84 Å². The Kier molecular flexibility index (Phi) is 11.2. The van der Waals surface area contributed by atoms with Crippen molar-refractivity contribution in [1.82, 2.24) is 4.90 Å². The van der Waals surface area contributed by atoms with Gasteiger partial charge in [0.15, 0.2) is 0 Å². The molecule has 0 aliphatic carbocycles. The highest BCUT2D eigenvalue weighted by molar-refractivity contribution is 5.94. The molecular weight excluding hydrogens is 258 g/mol. The van der Waals surface area contributed by atoms with E-state index >= 15 is 0 Å². The van der Waals surface area contributed by atoms with E-state index < -0.39 is 0 Å². The van der Waals surface area contributed by atoms with Crippen molar-refractivity contribution in [3.05, 3.63) is 12.2 Å². The Hall–Kier alpha value is -0.830. The van der Waals surface area contributed by atoms with E-state index in [9.17, 15) is 0 Å². The van der Waals surface area contributed by atoms with E-state index in [-0.39, 0.29) is 0 Å². The number of hydrogen-bond donors (Lipinski definition) is 1. The van der Waals surface area contributed by atoms with Gasteiger partial charge in [-0.25, -0.2) is 0 Å². The van der Waals surface area contributed by atoms with Gasteiger partial charge < -0.3 is 10.6 Å². The van der Waals surface area contributed by atoms with Crippen LogP contribution >= 0.6 is 0 Å². The summed E-state index contributed by atoms with van der Waals surface area (Å²) in [4.78, 5) is 6.80. The van der Waals surface area contributed by atoms with Crippen LogP contribution in [0, 0.1) is 0 Å². The smallest absolute Gasteiger partial charge is 0.123 e. The van der Waals surface area contributed by atoms with Gasteiger partial charge in [-0.3, -0.25) is 4.99 Å². The maximum absolute atomic E-state index is 5.61. The van der Waals surface area contributed by atoms with Crippen LogP contribution in [0.15, 0.2) is 17.1 Å². The zero-order valence-electron chi connectivity index (χ0n) is 14.0. The minimum Gasteiger partial charge on any atom is -0.354 e. The summed E-state index contributed by atoms with van der Waals surface area (Å²) in [6.07, 6.45) is 18.2. The van der Waals surface area contributed by atoms with Crippen molar-refractivity contribution in [3.63, 3.8) is 0 Å². The van der Waals surface area contributed by atoms with Crippen LogP contribution in [0.1, 0.15) is 71.1 Å². The molecule has 0 saturated carbocycles. The minimum atomic E-state index is 0.713. The molecule has 0 spiro atoms. The Balaban J connectivity index is 1.93. The summed E-state index contributed by atoms with van der Waals surface area (Å²) in [5.41, 5.74) is 5.61. The molecule has 2 N–H and O–H groups in total. The van der Waals surface area contributed by atoms with Crippen molar-refractivity contribution in [1.29, 1.82) is 0 Å². The molecule has 1 aliphatic rings. The third-order valence-corrected chi connectivity index (χ3v) is 4.11. The Morgan fingerprint density at radius 3 is 2.38 bits per heavy atom. The molecule has 0 atom stereocenters. The van der Waals surface area contributed by atoms with Crippen molar-refractivity contribution in [3.8, 4) is 0 Å². The van der Waals surface area contributed by atoms with E-state index in [1.54, 1.807) is 0 Å². The van der Waals surface area contributed by atoms with Gasteiger partial charge in [0, 0.05) is 19.6 Å². The van der Waals surface area contributed by atoms with Crippen LogP contribution in [0.3, 0.4) is 0 Å². The standard InChI is InChI=1S/C18H35N3/c1-2-3-4-5-6-7-8-9-10-11-12-13-18-20-15-17-21(18)16-14-19/h12-13H,2-11,14-17,19H2,1H3. The van der Waals surface area contributed by atoms with E-state index in [1.165, 1.54) is 64.2 Å². The third-order valence-electron chi connectivity index (χ3n) is 4.11. The first-order chi connectivity index (χ1) is 10.4. The summed E-state index contributed by atoms with van der Waals surface area (Å²) in [5, 5.41) is 0. The van der Waals surface area contributed by atoms with Gasteiger partial charge in [0.2, 0.25) is 0 Å². The lowest BCUT2D eigenvalue weighted by Gasteiger charge is -2.16. The van der Waals surface area contributed by atoms with E-state index in [2.05, 4.69) is 29.0 Å². The minimum absolute atomic E-state index is 0.713. The second kappa shape index (κ2) is 12.9. The van der Waals surface area contributed by atoms with Crippen LogP contribution in [0.5, 0.6) is 0 Å². The fraction of sp³-hybridized carbons (Fsp3) is 0.833. The van der Waals surface area contributed by atoms with E-state index in [0.717, 1.165) is 25.5 Å². The Bertz CT molecular complexity index is 297. The van der Waals surface area contributed by atoms with Gasteiger partial charge in [0.1, 0.15) is 5.84 Å². The average Bonchev–Trinajstić information content (AvgIpc) is 2.92. The number of hydrogen-bond acceptors (Lipinski definition) is 3. The maximum atomic E-state index is 5.61. The first-order valence-electron chi connectivity index (χ1n) is 9.04. The van der Waals surface area contributed by atoms with E-state index in [0.29, 0.717) is 6.54 Å². The molecule has 0 amide bonds. The Labute approximate surface area is 131 Å². The van der Waals surface area contributed by atoms with Crippen molar-refractivity contribution < 1.29 is 0 Å². The van der Waals surface area contributed by atoms with Gasteiger partial charge in [-0.1, -0.05) is 64.4 Å². The number of aliphatic imine (C=N–C) groups is 1. The predicted molar refractivity (Wildman–Crippen MR) is 93.9 cm³/mol. The average molecular weight is 293 g/mol. The number of unbranched alkanes of at least 4 members (excludes halogenated alkanes) is 9. The molecular formula is C18H35N3. The molecule has 0 radical (unpaired) electrons. The van der Waals surface area contributed by atoms with Crippen molar-refractivity contribution in [2.24, 2.45) is 10.7 Å². The topological polar surface area (TPSA) is 41.6 Å². The third kappa shape index (κ3) is 8.92. The fourth-order valence-corrected chi connectivity index (χ4v) is 2.80. The lowest BCUT2D eigenvalue weighted by Crippen LogP contribution is -2.31. The summed E-state index contributed by atoms with van der Waals surface area (Å²) in [6.45, 7) is 5.89. The van der Waals surface area contributed by atoms with Gasteiger partial charge in [-0.15, -0.1) is 0 Å². The molecule has 0 bridgehead atoms. The highest BCUT2D eigenvalue weighted by Crippen LogP contribution is 2.11. The fourth-order valence-electron chi connectivity index (χ4n) is 2.80. The summed E-state index contributed by atoms with van der Waals surface area (Å²) < 4.78 is 0. The molecule has 1 rings (SSSR count). The van der Waals surface area contributed by atoms with Crippen LogP contribution < -0.4 is 5.73 Å².